The van der Waals surface area contributed by atoms with E-state index in [4.69, 9.17) is 0 Å². The van der Waals surface area contributed by atoms with Gasteiger partial charge in [0.1, 0.15) is 5.78 Å². The standard InChI is InChI=1S/C19H30N4O3/c1-4-7-12-22-17-16(21(11-5-2)14-20-17)18(25)23(19(22)26)13-9-8-10-15(24)6-3/h14H,4-13H2,1-3H3. The molecule has 2 aromatic rings. The second-order valence-corrected chi connectivity index (χ2v) is 6.70. The van der Waals surface area contributed by atoms with Gasteiger partial charge >= 0.3 is 5.69 Å². The van der Waals surface area contributed by atoms with Crippen molar-refractivity contribution < 1.29 is 4.79 Å². The molecule has 0 atom stereocenters. The van der Waals surface area contributed by atoms with Crippen molar-refractivity contribution in [1.82, 2.24) is 18.7 Å². The number of aromatic nitrogens is 4. The van der Waals surface area contributed by atoms with Gasteiger partial charge in [0.05, 0.1) is 6.33 Å². The maximum absolute atomic E-state index is 12.9. The van der Waals surface area contributed by atoms with E-state index < -0.39 is 0 Å². The average Bonchev–Trinajstić information content (AvgIpc) is 3.04. The molecule has 0 bridgehead atoms. The van der Waals surface area contributed by atoms with Crippen LogP contribution in [0.3, 0.4) is 0 Å². The first-order chi connectivity index (χ1) is 12.5. The average molecular weight is 362 g/mol. The number of nitrogens with zero attached hydrogens (tertiary/aromatic N) is 4. The Balaban J connectivity index is 2.41. The molecule has 144 valence electrons. The fourth-order valence-electron chi connectivity index (χ4n) is 3.13. The number of aryl methyl sites for hydroxylation is 2. The second-order valence-electron chi connectivity index (χ2n) is 6.70. The molecule has 0 unspecified atom stereocenters. The highest BCUT2D eigenvalue weighted by Gasteiger charge is 2.17. The number of Topliss-reactive ketones (excluding diaryl/α,β-unsaturated/α-hetero) is 1. The predicted octanol–water partition coefficient (Wildman–Crippen LogP) is 2.72. The molecule has 0 saturated carbocycles. The molecule has 0 spiro atoms. The van der Waals surface area contributed by atoms with Gasteiger partial charge < -0.3 is 4.57 Å². The molecule has 26 heavy (non-hydrogen) atoms. The number of carbonyl (C=O) groups excluding carboxylic acids is 1. The molecule has 2 heterocycles. The topological polar surface area (TPSA) is 78.9 Å². The summed E-state index contributed by atoms with van der Waals surface area (Å²) in [4.78, 5) is 41.6. The maximum atomic E-state index is 12.9. The molecule has 2 rings (SSSR count). The third-order valence-electron chi connectivity index (χ3n) is 4.67. The Morgan fingerprint density at radius 2 is 1.69 bits per heavy atom. The van der Waals surface area contributed by atoms with Gasteiger partial charge in [0.15, 0.2) is 11.2 Å². The molecular weight excluding hydrogens is 332 g/mol. The molecule has 2 aromatic heterocycles. The number of imidazole rings is 1. The van der Waals surface area contributed by atoms with Crippen LogP contribution < -0.4 is 11.2 Å². The van der Waals surface area contributed by atoms with Crippen molar-refractivity contribution in [2.45, 2.75) is 85.4 Å². The monoisotopic (exact) mass is 362 g/mol. The summed E-state index contributed by atoms with van der Waals surface area (Å²) < 4.78 is 4.79. The zero-order valence-corrected chi connectivity index (χ0v) is 16.2. The van der Waals surface area contributed by atoms with Crippen LogP contribution in [0.15, 0.2) is 15.9 Å². The molecule has 7 nitrogen and oxygen atoms in total. The molecule has 7 heteroatoms. The number of ketones is 1. The van der Waals surface area contributed by atoms with Gasteiger partial charge in [-0.05, 0) is 25.7 Å². The van der Waals surface area contributed by atoms with Gasteiger partial charge in [-0.3, -0.25) is 18.7 Å². The highest BCUT2D eigenvalue weighted by molar-refractivity contribution is 5.77. The minimum Gasteiger partial charge on any atom is -0.325 e. The van der Waals surface area contributed by atoms with Crippen LogP contribution in [-0.2, 0) is 24.4 Å². The van der Waals surface area contributed by atoms with Crippen molar-refractivity contribution in [3.8, 4) is 0 Å². The van der Waals surface area contributed by atoms with E-state index in [-0.39, 0.29) is 17.0 Å². The number of rotatable bonds is 11. The zero-order chi connectivity index (χ0) is 19.1. The number of unbranched alkanes of at least 4 members (excludes halogenated alkanes) is 2. The van der Waals surface area contributed by atoms with Crippen molar-refractivity contribution in [3.63, 3.8) is 0 Å². The van der Waals surface area contributed by atoms with Gasteiger partial charge in [-0.25, -0.2) is 9.78 Å². The quantitative estimate of drug-likeness (QED) is 0.576. The van der Waals surface area contributed by atoms with Gasteiger partial charge in [0.25, 0.3) is 5.56 Å². The summed E-state index contributed by atoms with van der Waals surface area (Å²) in [6.45, 7) is 7.56. The Kier molecular flexibility index (Phi) is 7.36. The van der Waals surface area contributed by atoms with Crippen LogP contribution >= 0.6 is 0 Å². The zero-order valence-electron chi connectivity index (χ0n) is 16.2. The van der Waals surface area contributed by atoms with Crippen molar-refractivity contribution in [2.75, 3.05) is 0 Å². The second kappa shape index (κ2) is 9.50. The molecule has 0 radical (unpaired) electrons. The Morgan fingerprint density at radius 1 is 0.962 bits per heavy atom. The van der Waals surface area contributed by atoms with Crippen LogP contribution in [0.5, 0.6) is 0 Å². The van der Waals surface area contributed by atoms with Gasteiger partial charge in [0.2, 0.25) is 0 Å². The van der Waals surface area contributed by atoms with Crippen LogP contribution in [0.25, 0.3) is 11.2 Å². The highest BCUT2D eigenvalue weighted by atomic mass is 16.2. The first-order valence-corrected chi connectivity index (χ1v) is 9.75. The largest absolute Gasteiger partial charge is 0.332 e. The fourth-order valence-corrected chi connectivity index (χ4v) is 3.13. The molecule has 0 aromatic carbocycles. The van der Waals surface area contributed by atoms with Crippen LogP contribution in [0.4, 0.5) is 0 Å². The van der Waals surface area contributed by atoms with Crippen LogP contribution in [-0.4, -0.2) is 24.5 Å². The summed E-state index contributed by atoms with van der Waals surface area (Å²) in [6, 6.07) is 0. The molecule has 0 fully saturated rings. The van der Waals surface area contributed by atoms with Crippen LogP contribution in [0, 0.1) is 0 Å². The van der Waals surface area contributed by atoms with E-state index in [2.05, 4.69) is 11.9 Å². The van der Waals surface area contributed by atoms with Gasteiger partial charge in [-0.1, -0.05) is 27.2 Å². The molecule has 0 saturated heterocycles. The van der Waals surface area contributed by atoms with Crippen LogP contribution in [0.2, 0.25) is 0 Å². The molecule has 0 aliphatic carbocycles. The smallest absolute Gasteiger partial charge is 0.325 e. The lowest BCUT2D eigenvalue weighted by molar-refractivity contribution is -0.118. The molecule has 0 aliphatic heterocycles. The third-order valence-corrected chi connectivity index (χ3v) is 4.67. The fraction of sp³-hybridized carbons (Fsp3) is 0.684. The molecule has 0 aliphatic rings. The molecule has 0 N–H and O–H groups in total. The van der Waals surface area contributed by atoms with E-state index >= 15 is 0 Å². The first-order valence-electron chi connectivity index (χ1n) is 9.75. The van der Waals surface area contributed by atoms with Crippen LogP contribution in [0.1, 0.15) is 65.7 Å². The summed E-state index contributed by atoms with van der Waals surface area (Å²) in [5.41, 5.74) is 0.427. The van der Waals surface area contributed by atoms with E-state index in [1.54, 1.807) is 10.9 Å². The van der Waals surface area contributed by atoms with Gasteiger partial charge in [-0.2, -0.15) is 0 Å². The lowest BCUT2D eigenvalue weighted by Gasteiger charge is -2.12. The SMILES string of the molecule is CCCCn1c(=O)n(CCCCC(=O)CC)c(=O)c2c1ncn2CCC. The van der Waals surface area contributed by atoms with E-state index in [0.29, 0.717) is 56.5 Å². The normalized spacial score (nSPS) is 11.3. The summed E-state index contributed by atoms with van der Waals surface area (Å²) in [7, 11) is 0. The molecule has 0 amide bonds. The summed E-state index contributed by atoms with van der Waals surface area (Å²) in [5.74, 6) is 0.217. The maximum Gasteiger partial charge on any atom is 0.332 e. The lowest BCUT2D eigenvalue weighted by atomic mass is 10.1. The van der Waals surface area contributed by atoms with E-state index in [0.717, 1.165) is 19.3 Å². The number of hydrogen-bond donors (Lipinski definition) is 0. The summed E-state index contributed by atoms with van der Waals surface area (Å²) in [5, 5.41) is 0. The van der Waals surface area contributed by atoms with E-state index in [1.165, 1.54) is 4.57 Å². The van der Waals surface area contributed by atoms with Gasteiger partial charge in [0, 0.05) is 32.5 Å². The first kappa shape index (κ1) is 20.1. The van der Waals surface area contributed by atoms with Gasteiger partial charge in [-0.15, -0.1) is 0 Å². The minimum absolute atomic E-state index is 0.217. The van der Waals surface area contributed by atoms with Crippen molar-refractivity contribution in [1.29, 1.82) is 0 Å². The van der Waals surface area contributed by atoms with E-state index in [1.807, 2.05) is 18.4 Å². The Labute approximate surface area is 153 Å². The summed E-state index contributed by atoms with van der Waals surface area (Å²) >= 11 is 0. The predicted molar refractivity (Wildman–Crippen MR) is 103 cm³/mol. The van der Waals surface area contributed by atoms with E-state index in [9.17, 15) is 14.4 Å². The Bertz CT molecular complexity index is 860. The number of hydrogen-bond acceptors (Lipinski definition) is 4. The number of carbonyl (C=O) groups is 1. The Hall–Kier alpha value is -2.18. The highest BCUT2D eigenvalue weighted by Crippen LogP contribution is 2.09. The minimum atomic E-state index is -0.292. The number of fused-ring (bicyclic) bond motifs is 1. The lowest BCUT2D eigenvalue weighted by Crippen LogP contribution is -2.40. The molecular formula is C19H30N4O3. The van der Waals surface area contributed by atoms with Crippen molar-refractivity contribution in [3.05, 3.63) is 27.2 Å². The van der Waals surface area contributed by atoms with Crippen molar-refractivity contribution >= 4 is 16.9 Å². The Morgan fingerprint density at radius 3 is 2.35 bits per heavy atom. The third kappa shape index (κ3) is 4.31. The summed E-state index contributed by atoms with van der Waals surface area (Å²) in [6.07, 6.45) is 6.74. The van der Waals surface area contributed by atoms with Crippen molar-refractivity contribution in [2.24, 2.45) is 0 Å².